The molecule has 0 aliphatic heterocycles. The predicted molar refractivity (Wildman–Crippen MR) is 76.0 cm³/mol. The number of methoxy groups -OCH3 is 1. The molecule has 0 saturated heterocycles. The Morgan fingerprint density at radius 1 is 1.39 bits per heavy atom. The fourth-order valence-corrected chi connectivity index (χ4v) is 2.30. The van der Waals surface area contributed by atoms with Gasteiger partial charge in [0.15, 0.2) is 0 Å². The van der Waals surface area contributed by atoms with Crippen LogP contribution in [0.1, 0.15) is 44.0 Å². The van der Waals surface area contributed by atoms with E-state index in [1.165, 1.54) is 0 Å². The fraction of sp³-hybridized carbons (Fsp3) is 0.667. The minimum absolute atomic E-state index is 0.196. The van der Waals surface area contributed by atoms with Crippen LogP contribution in [0, 0.1) is 19.8 Å². The molecular formula is C15H26N2O. The van der Waals surface area contributed by atoms with Crippen molar-refractivity contribution in [2.24, 2.45) is 11.7 Å². The first-order valence-corrected chi connectivity index (χ1v) is 6.63. The Bertz CT molecular complexity index is 415. The summed E-state index contributed by atoms with van der Waals surface area (Å²) in [5.41, 5.74) is 9.53. The van der Waals surface area contributed by atoms with Crippen LogP contribution < -0.4 is 10.5 Å². The quantitative estimate of drug-likeness (QED) is 0.874. The number of aryl methyl sites for hydroxylation is 1. The second-order valence-corrected chi connectivity index (χ2v) is 5.46. The lowest BCUT2D eigenvalue weighted by atomic mass is 9.80. The van der Waals surface area contributed by atoms with Crippen molar-refractivity contribution in [2.45, 2.75) is 53.0 Å². The van der Waals surface area contributed by atoms with E-state index in [2.05, 4.69) is 32.7 Å². The molecule has 0 aliphatic rings. The highest BCUT2D eigenvalue weighted by Crippen LogP contribution is 2.29. The number of ether oxygens (including phenoxy) is 1. The maximum Gasteiger partial charge on any atom is 0.128 e. The molecule has 3 heteroatoms. The van der Waals surface area contributed by atoms with Gasteiger partial charge in [-0.1, -0.05) is 20.8 Å². The Hall–Kier alpha value is -1.09. The summed E-state index contributed by atoms with van der Waals surface area (Å²) < 4.78 is 5.44. The summed E-state index contributed by atoms with van der Waals surface area (Å²) >= 11 is 0. The number of hydrogen-bond acceptors (Lipinski definition) is 3. The lowest BCUT2D eigenvalue weighted by Gasteiger charge is -2.33. The molecule has 18 heavy (non-hydrogen) atoms. The van der Waals surface area contributed by atoms with Crippen LogP contribution in [-0.4, -0.2) is 17.6 Å². The van der Waals surface area contributed by atoms with Crippen LogP contribution in [0.25, 0.3) is 0 Å². The smallest absolute Gasteiger partial charge is 0.128 e. The van der Waals surface area contributed by atoms with E-state index in [-0.39, 0.29) is 5.54 Å². The predicted octanol–water partition coefficient (Wildman–Crippen LogP) is 3.01. The largest absolute Gasteiger partial charge is 0.496 e. The first-order chi connectivity index (χ1) is 8.35. The minimum Gasteiger partial charge on any atom is -0.496 e. The zero-order valence-electron chi connectivity index (χ0n) is 12.5. The highest BCUT2D eigenvalue weighted by Gasteiger charge is 2.29. The van der Waals surface area contributed by atoms with E-state index in [0.29, 0.717) is 5.92 Å². The summed E-state index contributed by atoms with van der Waals surface area (Å²) in [5.74, 6) is 1.36. The van der Waals surface area contributed by atoms with Crippen LogP contribution in [0.5, 0.6) is 5.75 Å². The summed E-state index contributed by atoms with van der Waals surface area (Å²) in [5, 5.41) is 0. The van der Waals surface area contributed by atoms with Gasteiger partial charge in [-0.15, -0.1) is 0 Å². The van der Waals surface area contributed by atoms with Crippen molar-refractivity contribution in [3.63, 3.8) is 0 Å². The molecule has 1 aromatic heterocycles. The molecule has 0 aliphatic carbocycles. The fourth-order valence-electron chi connectivity index (χ4n) is 2.30. The summed E-state index contributed by atoms with van der Waals surface area (Å²) in [7, 11) is 1.71. The second-order valence-electron chi connectivity index (χ2n) is 5.46. The van der Waals surface area contributed by atoms with Crippen LogP contribution >= 0.6 is 0 Å². The summed E-state index contributed by atoms with van der Waals surface area (Å²) in [6.07, 6.45) is 3.61. The molecular weight excluding hydrogens is 224 g/mol. The lowest BCUT2D eigenvalue weighted by Crippen LogP contribution is -2.46. The lowest BCUT2D eigenvalue weighted by molar-refractivity contribution is 0.292. The first kappa shape index (κ1) is 15.0. The molecule has 0 aromatic carbocycles. The first-order valence-electron chi connectivity index (χ1n) is 6.63. The average Bonchev–Trinajstić information content (AvgIpc) is 2.33. The Balaban J connectivity index is 3.12. The summed E-state index contributed by atoms with van der Waals surface area (Å²) in [6, 6.07) is 0. The molecule has 0 bridgehead atoms. The van der Waals surface area contributed by atoms with Crippen LogP contribution in [0.2, 0.25) is 0 Å². The van der Waals surface area contributed by atoms with E-state index >= 15 is 0 Å². The Morgan fingerprint density at radius 3 is 2.44 bits per heavy atom. The van der Waals surface area contributed by atoms with E-state index in [1.54, 1.807) is 7.11 Å². The summed E-state index contributed by atoms with van der Waals surface area (Å²) in [6.45, 7) is 10.6. The molecule has 3 nitrogen and oxygen atoms in total. The average molecular weight is 250 g/mol. The third-order valence-electron chi connectivity index (χ3n) is 4.05. The highest BCUT2D eigenvalue weighted by molar-refractivity contribution is 5.41. The Kier molecular flexibility index (Phi) is 4.74. The van der Waals surface area contributed by atoms with E-state index in [0.717, 1.165) is 35.4 Å². The van der Waals surface area contributed by atoms with Gasteiger partial charge in [-0.3, -0.25) is 4.98 Å². The van der Waals surface area contributed by atoms with E-state index < -0.39 is 0 Å². The van der Waals surface area contributed by atoms with Crippen LogP contribution in [0.4, 0.5) is 0 Å². The van der Waals surface area contributed by atoms with Gasteiger partial charge < -0.3 is 10.5 Å². The van der Waals surface area contributed by atoms with Gasteiger partial charge in [-0.25, -0.2) is 0 Å². The number of hydrogen-bond donors (Lipinski definition) is 1. The maximum atomic E-state index is 6.49. The van der Waals surface area contributed by atoms with Gasteiger partial charge in [0.25, 0.3) is 0 Å². The second kappa shape index (κ2) is 5.70. The van der Waals surface area contributed by atoms with E-state index in [4.69, 9.17) is 10.5 Å². The molecule has 0 saturated carbocycles. The van der Waals surface area contributed by atoms with Crippen molar-refractivity contribution < 1.29 is 4.74 Å². The van der Waals surface area contributed by atoms with Crippen molar-refractivity contribution in [3.05, 3.63) is 23.0 Å². The van der Waals surface area contributed by atoms with Crippen LogP contribution in [0.15, 0.2) is 6.20 Å². The normalized spacial score (nSPS) is 14.7. The standard InChI is InChI=1S/C15H26N2O/c1-7-15(16,10(2)3)8-13-12(5)14(18-6)11(4)9-17-13/h9-10H,7-8,16H2,1-6H3. The molecule has 1 unspecified atom stereocenters. The van der Waals surface area contributed by atoms with Crippen LogP contribution in [-0.2, 0) is 6.42 Å². The van der Waals surface area contributed by atoms with Gasteiger partial charge >= 0.3 is 0 Å². The molecule has 1 aromatic rings. The SMILES string of the molecule is CCC(N)(Cc1ncc(C)c(OC)c1C)C(C)C. The molecule has 0 amide bonds. The molecule has 0 spiro atoms. The number of nitrogens with zero attached hydrogens (tertiary/aromatic N) is 1. The molecule has 1 atom stereocenters. The van der Waals surface area contributed by atoms with Gasteiger partial charge in [0, 0.05) is 35.0 Å². The van der Waals surface area contributed by atoms with Crippen LogP contribution in [0.3, 0.4) is 0 Å². The highest BCUT2D eigenvalue weighted by atomic mass is 16.5. The Labute approximate surface area is 111 Å². The molecule has 1 rings (SSSR count). The van der Waals surface area contributed by atoms with Crippen molar-refractivity contribution >= 4 is 0 Å². The number of pyridine rings is 1. The third-order valence-corrected chi connectivity index (χ3v) is 4.05. The Morgan fingerprint density at radius 2 is 2.00 bits per heavy atom. The summed E-state index contributed by atoms with van der Waals surface area (Å²) in [4.78, 5) is 4.54. The molecule has 1 heterocycles. The van der Waals surface area contributed by atoms with Gasteiger partial charge in [0.1, 0.15) is 5.75 Å². The van der Waals surface area contributed by atoms with Crippen molar-refractivity contribution in [2.75, 3.05) is 7.11 Å². The van der Waals surface area contributed by atoms with E-state index in [1.807, 2.05) is 13.1 Å². The zero-order valence-corrected chi connectivity index (χ0v) is 12.5. The zero-order chi connectivity index (χ0) is 13.9. The molecule has 2 N–H and O–H groups in total. The number of rotatable bonds is 5. The van der Waals surface area contributed by atoms with Gasteiger partial charge in [-0.2, -0.15) is 0 Å². The number of aromatic nitrogens is 1. The molecule has 102 valence electrons. The van der Waals surface area contributed by atoms with Crippen molar-refractivity contribution in [1.29, 1.82) is 0 Å². The van der Waals surface area contributed by atoms with E-state index in [9.17, 15) is 0 Å². The van der Waals surface area contributed by atoms with Gasteiger partial charge in [0.2, 0.25) is 0 Å². The monoisotopic (exact) mass is 250 g/mol. The minimum atomic E-state index is -0.196. The molecule has 0 radical (unpaired) electrons. The maximum absolute atomic E-state index is 6.49. The molecule has 0 fully saturated rings. The van der Waals surface area contributed by atoms with Gasteiger partial charge in [-0.05, 0) is 26.2 Å². The van der Waals surface area contributed by atoms with Gasteiger partial charge in [0.05, 0.1) is 7.11 Å². The topological polar surface area (TPSA) is 48.1 Å². The third kappa shape index (κ3) is 2.83. The van der Waals surface area contributed by atoms with Crippen molar-refractivity contribution in [3.8, 4) is 5.75 Å². The van der Waals surface area contributed by atoms with Crippen molar-refractivity contribution in [1.82, 2.24) is 4.98 Å². The number of nitrogens with two attached hydrogens (primary N) is 1.